The predicted molar refractivity (Wildman–Crippen MR) is 61.0 cm³/mol. The van der Waals surface area contributed by atoms with Crippen molar-refractivity contribution in [2.75, 3.05) is 6.61 Å². The Morgan fingerprint density at radius 2 is 2.38 bits per heavy atom. The van der Waals surface area contributed by atoms with E-state index in [2.05, 4.69) is 4.98 Å². The standard InChI is InChI=1S/C11H15NO3S/c1-2-5-15-6-8-12-9(7-3-4-7)10(16-8)11(13)14/h7H,2-6H2,1H3,(H,13,14). The molecule has 4 nitrogen and oxygen atoms in total. The molecule has 1 heterocycles. The minimum Gasteiger partial charge on any atom is -0.477 e. The Balaban J connectivity index is 2.08. The predicted octanol–water partition coefficient (Wildman–Crippen LogP) is 2.65. The summed E-state index contributed by atoms with van der Waals surface area (Å²) in [6.45, 7) is 3.17. The Morgan fingerprint density at radius 3 is 2.94 bits per heavy atom. The van der Waals surface area contributed by atoms with Gasteiger partial charge in [-0.15, -0.1) is 11.3 Å². The van der Waals surface area contributed by atoms with Gasteiger partial charge in [0.25, 0.3) is 0 Å². The van der Waals surface area contributed by atoms with E-state index in [1.165, 1.54) is 11.3 Å². The van der Waals surface area contributed by atoms with E-state index in [9.17, 15) is 4.79 Å². The number of aromatic carboxylic acids is 1. The molecule has 0 aromatic carbocycles. The largest absolute Gasteiger partial charge is 0.477 e. The van der Waals surface area contributed by atoms with Crippen molar-refractivity contribution in [3.8, 4) is 0 Å². The van der Waals surface area contributed by atoms with E-state index in [4.69, 9.17) is 9.84 Å². The fourth-order valence-corrected chi connectivity index (χ4v) is 2.46. The molecule has 88 valence electrons. The molecule has 1 aromatic rings. The first-order valence-corrected chi connectivity index (χ1v) is 6.34. The number of ether oxygens (including phenoxy) is 1. The molecule has 0 radical (unpaired) electrons. The molecular weight excluding hydrogens is 226 g/mol. The zero-order valence-corrected chi connectivity index (χ0v) is 10.0. The zero-order valence-electron chi connectivity index (χ0n) is 9.23. The second-order valence-corrected chi connectivity index (χ2v) is 5.04. The van der Waals surface area contributed by atoms with Crippen LogP contribution in [-0.4, -0.2) is 22.7 Å². The molecule has 1 aliphatic carbocycles. The van der Waals surface area contributed by atoms with E-state index in [-0.39, 0.29) is 0 Å². The minimum absolute atomic E-state index is 0.377. The molecule has 0 bridgehead atoms. The van der Waals surface area contributed by atoms with Crippen LogP contribution >= 0.6 is 11.3 Å². The first-order valence-electron chi connectivity index (χ1n) is 5.53. The molecule has 16 heavy (non-hydrogen) atoms. The van der Waals surface area contributed by atoms with Gasteiger partial charge in [-0.2, -0.15) is 0 Å². The molecule has 0 amide bonds. The van der Waals surface area contributed by atoms with Crippen molar-refractivity contribution in [2.45, 2.75) is 38.7 Å². The van der Waals surface area contributed by atoms with E-state index < -0.39 is 5.97 Å². The maximum atomic E-state index is 11.0. The van der Waals surface area contributed by atoms with Crippen LogP contribution in [0, 0.1) is 0 Å². The first-order chi connectivity index (χ1) is 7.72. The summed E-state index contributed by atoms with van der Waals surface area (Å²) in [5, 5.41) is 9.84. The summed E-state index contributed by atoms with van der Waals surface area (Å²) in [4.78, 5) is 15.8. The van der Waals surface area contributed by atoms with Crippen molar-refractivity contribution in [2.24, 2.45) is 0 Å². The molecule has 1 N–H and O–H groups in total. The summed E-state index contributed by atoms with van der Waals surface area (Å²) >= 11 is 1.25. The summed E-state index contributed by atoms with van der Waals surface area (Å²) < 4.78 is 5.37. The number of carboxylic acid groups (broad SMARTS) is 1. The third-order valence-electron chi connectivity index (χ3n) is 2.43. The van der Waals surface area contributed by atoms with Gasteiger partial charge in [0.15, 0.2) is 0 Å². The van der Waals surface area contributed by atoms with E-state index in [0.717, 1.165) is 30.0 Å². The van der Waals surface area contributed by atoms with Crippen LogP contribution in [0.5, 0.6) is 0 Å². The van der Waals surface area contributed by atoms with Crippen LogP contribution in [0.4, 0.5) is 0 Å². The third kappa shape index (κ3) is 2.59. The van der Waals surface area contributed by atoms with Crippen LogP contribution in [0.2, 0.25) is 0 Å². The van der Waals surface area contributed by atoms with Gasteiger partial charge in [0.1, 0.15) is 9.88 Å². The van der Waals surface area contributed by atoms with Gasteiger partial charge in [-0.3, -0.25) is 0 Å². The molecule has 0 spiro atoms. The molecule has 0 aliphatic heterocycles. The number of rotatable bonds is 6. The van der Waals surface area contributed by atoms with Gasteiger partial charge >= 0.3 is 5.97 Å². The first kappa shape index (κ1) is 11.5. The molecule has 5 heteroatoms. The molecule has 2 rings (SSSR count). The highest BCUT2D eigenvalue weighted by Gasteiger charge is 2.31. The molecule has 1 aliphatic rings. The number of thiazole rings is 1. The van der Waals surface area contributed by atoms with Crippen molar-refractivity contribution in [1.29, 1.82) is 0 Å². The normalized spacial score (nSPS) is 15.3. The lowest BCUT2D eigenvalue weighted by molar-refractivity contribution is 0.0700. The summed E-state index contributed by atoms with van der Waals surface area (Å²) in [7, 11) is 0. The fourth-order valence-electron chi connectivity index (χ4n) is 1.53. The number of hydrogen-bond donors (Lipinski definition) is 1. The van der Waals surface area contributed by atoms with Crippen LogP contribution in [-0.2, 0) is 11.3 Å². The molecule has 0 atom stereocenters. The van der Waals surface area contributed by atoms with Crippen LogP contribution in [0.1, 0.15) is 52.5 Å². The Hall–Kier alpha value is -0.940. The lowest BCUT2D eigenvalue weighted by Gasteiger charge is -1.97. The van der Waals surface area contributed by atoms with Crippen molar-refractivity contribution in [3.63, 3.8) is 0 Å². The Morgan fingerprint density at radius 1 is 1.62 bits per heavy atom. The van der Waals surface area contributed by atoms with Crippen molar-refractivity contribution >= 4 is 17.3 Å². The van der Waals surface area contributed by atoms with Crippen LogP contribution < -0.4 is 0 Å². The van der Waals surface area contributed by atoms with Gasteiger partial charge < -0.3 is 9.84 Å². The number of carboxylic acids is 1. The minimum atomic E-state index is -0.860. The van der Waals surface area contributed by atoms with E-state index >= 15 is 0 Å². The highest BCUT2D eigenvalue weighted by Crippen LogP contribution is 2.42. The second kappa shape index (κ2) is 4.93. The molecule has 0 saturated heterocycles. The van der Waals surface area contributed by atoms with Gasteiger partial charge in [0, 0.05) is 12.5 Å². The average molecular weight is 241 g/mol. The Labute approximate surface area is 98.3 Å². The van der Waals surface area contributed by atoms with Gasteiger partial charge in [0.05, 0.1) is 12.3 Å². The summed E-state index contributed by atoms with van der Waals surface area (Å²) in [5.41, 5.74) is 0.771. The maximum Gasteiger partial charge on any atom is 0.347 e. The van der Waals surface area contributed by atoms with Crippen molar-refractivity contribution in [3.05, 3.63) is 15.6 Å². The Bertz CT molecular complexity index is 385. The number of carbonyl (C=O) groups is 1. The monoisotopic (exact) mass is 241 g/mol. The highest BCUT2D eigenvalue weighted by atomic mass is 32.1. The fraction of sp³-hybridized carbons (Fsp3) is 0.636. The summed E-state index contributed by atoms with van der Waals surface area (Å²) in [6.07, 6.45) is 3.10. The molecule has 1 aromatic heterocycles. The summed E-state index contributed by atoms with van der Waals surface area (Å²) in [6, 6.07) is 0. The molecule has 1 fully saturated rings. The van der Waals surface area contributed by atoms with Gasteiger partial charge in [-0.1, -0.05) is 6.92 Å². The highest BCUT2D eigenvalue weighted by molar-refractivity contribution is 7.13. The van der Waals surface area contributed by atoms with Crippen LogP contribution in [0.15, 0.2) is 0 Å². The quantitative estimate of drug-likeness (QED) is 0.778. The van der Waals surface area contributed by atoms with Gasteiger partial charge in [-0.25, -0.2) is 9.78 Å². The summed E-state index contributed by atoms with van der Waals surface area (Å²) in [5.74, 6) is -0.483. The van der Waals surface area contributed by atoms with Crippen LogP contribution in [0.3, 0.4) is 0 Å². The average Bonchev–Trinajstić information content (AvgIpc) is 3.00. The van der Waals surface area contributed by atoms with Crippen molar-refractivity contribution in [1.82, 2.24) is 4.98 Å². The molecule has 1 saturated carbocycles. The SMILES string of the molecule is CCCOCc1nc(C2CC2)c(C(=O)O)s1. The topological polar surface area (TPSA) is 59.4 Å². The second-order valence-electron chi connectivity index (χ2n) is 3.95. The number of hydrogen-bond acceptors (Lipinski definition) is 4. The maximum absolute atomic E-state index is 11.0. The third-order valence-corrected chi connectivity index (χ3v) is 3.46. The van der Waals surface area contributed by atoms with Crippen molar-refractivity contribution < 1.29 is 14.6 Å². The number of aromatic nitrogens is 1. The molecule has 0 unspecified atom stereocenters. The smallest absolute Gasteiger partial charge is 0.347 e. The van der Waals surface area contributed by atoms with E-state index in [0.29, 0.717) is 24.0 Å². The van der Waals surface area contributed by atoms with Gasteiger partial charge in [-0.05, 0) is 19.3 Å². The lowest BCUT2D eigenvalue weighted by Crippen LogP contribution is -1.97. The molecular formula is C11H15NO3S. The van der Waals surface area contributed by atoms with Gasteiger partial charge in [0.2, 0.25) is 0 Å². The van der Waals surface area contributed by atoms with E-state index in [1.54, 1.807) is 0 Å². The van der Waals surface area contributed by atoms with Crippen LogP contribution in [0.25, 0.3) is 0 Å². The zero-order chi connectivity index (χ0) is 11.5. The lowest BCUT2D eigenvalue weighted by atomic mass is 10.2. The van der Waals surface area contributed by atoms with E-state index in [1.807, 2.05) is 6.92 Å². The number of nitrogens with zero attached hydrogens (tertiary/aromatic N) is 1. The Kier molecular flexibility index (Phi) is 3.56.